The third-order valence-electron chi connectivity index (χ3n) is 5.42. The fourth-order valence-electron chi connectivity index (χ4n) is 3.62. The number of nitrogens with zero attached hydrogens (tertiary/aromatic N) is 3. The number of likely N-dealkylation sites (tertiary alicyclic amines) is 1. The van der Waals surface area contributed by atoms with Gasteiger partial charge in [-0.1, -0.05) is 35.3 Å². The fraction of sp³-hybridized carbons (Fsp3) is 0.292. The first-order valence-electron chi connectivity index (χ1n) is 10.5. The molecule has 1 aromatic carbocycles. The summed E-state index contributed by atoms with van der Waals surface area (Å²) in [6.45, 7) is 3.08. The van der Waals surface area contributed by atoms with Gasteiger partial charge in [0.1, 0.15) is 6.10 Å². The van der Waals surface area contributed by atoms with E-state index in [4.69, 9.17) is 27.9 Å². The van der Waals surface area contributed by atoms with E-state index in [2.05, 4.69) is 20.2 Å². The number of hydrogen-bond acceptors (Lipinski definition) is 5. The van der Waals surface area contributed by atoms with Gasteiger partial charge in [0.25, 0.3) is 5.91 Å². The molecular weight excluding hydrogens is 447 g/mol. The van der Waals surface area contributed by atoms with Crippen molar-refractivity contribution in [3.05, 3.63) is 87.8 Å². The number of halogens is 2. The molecule has 0 bridgehead atoms. The topological polar surface area (TPSA) is 67.3 Å². The van der Waals surface area contributed by atoms with Crippen LogP contribution in [0, 0.1) is 0 Å². The maximum Gasteiger partial charge on any atom is 0.251 e. The lowest BCUT2D eigenvalue weighted by Crippen LogP contribution is -2.38. The largest absolute Gasteiger partial charge is 0.474 e. The molecule has 32 heavy (non-hydrogen) atoms. The van der Waals surface area contributed by atoms with E-state index >= 15 is 0 Å². The summed E-state index contributed by atoms with van der Waals surface area (Å²) in [6.07, 6.45) is 6.92. The fourth-order valence-corrected chi connectivity index (χ4v) is 4.09. The Morgan fingerprint density at radius 2 is 1.88 bits per heavy atom. The number of aromatic nitrogens is 2. The number of pyridine rings is 2. The van der Waals surface area contributed by atoms with Gasteiger partial charge in [-0.15, -0.1) is 0 Å². The van der Waals surface area contributed by atoms with Gasteiger partial charge >= 0.3 is 0 Å². The Kier molecular flexibility index (Phi) is 7.58. The number of amides is 1. The maximum absolute atomic E-state index is 12.1. The number of benzene rings is 1. The minimum absolute atomic E-state index is 0.136. The number of ether oxygens (including phenoxy) is 1. The van der Waals surface area contributed by atoms with Crippen molar-refractivity contribution in [3.8, 4) is 5.88 Å². The molecule has 4 rings (SSSR count). The molecule has 1 N–H and O–H groups in total. The van der Waals surface area contributed by atoms with E-state index in [0.717, 1.165) is 43.6 Å². The van der Waals surface area contributed by atoms with E-state index < -0.39 is 0 Å². The molecule has 166 valence electrons. The van der Waals surface area contributed by atoms with Crippen molar-refractivity contribution in [1.82, 2.24) is 20.2 Å². The first-order chi connectivity index (χ1) is 15.6. The minimum Gasteiger partial charge on any atom is -0.474 e. The lowest BCUT2D eigenvalue weighted by molar-refractivity contribution is 0.0932. The smallest absolute Gasteiger partial charge is 0.251 e. The molecule has 1 saturated heterocycles. The summed E-state index contributed by atoms with van der Waals surface area (Å²) in [5.41, 5.74) is 2.58. The Morgan fingerprint density at radius 3 is 2.56 bits per heavy atom. The van der Waals surface area contributed by atoms with Crippen LogP contribution in [0.15, 0.2) is 61.1 Å². The Bertz CT molecular complexity index is 1040. The SMILES string of the molecule is O=C(NCc1ccc(OC2CCN(Cc3ccc(Cl)cc3Cl)CC2)nc1)c1ccncc1. The van der Waals surface area contributed by atoms with Crippen LogP contribution in [0.1, 0.15) is 34.3 Å². The summed E-state index contributed by atoms with van der Waals surface area (Å²) in [7, 11) is 0. The molecule has 8 heteroatoms. The Hall–Kier alpha value is -2.67. The van der Waals surface area contributed by atoms with Crippen LogP contribution in [0.4, 0.5) is 0 Å². The van der Waals surface area contributed by atoms with Gasteiger partial charge in [0, 0.05) is 66.4 Å². The summed E-state index contributed by atoms with van der Waals surface area (Å²) in [5.74, 6) is 0.466. The summed E-state index contributed by atoms with van der Waals surface area (Å²) >= 11 is 12.3. The highest BCUT2D eigenvalue weighted by molar-refractivity contribution is 6.35. The molecule has 1 aliphatic heterocycles. The number of carbonyl (C=O) groups is 1. The molecule has 0 unspecified atom stereocenters. The zero-order chi connectivity index (χ0) is 22.3. The van der Waals surface area contributed by atoms with Crippen molar-refractivity contribution in [1.29, 1.82) is 0 Å². The molecule has 3 aromatic rings. The average molecular weight is 471 g/mol. The van der Waals surface area contributed by atoms with Crippen LogP contribution in [-0.4, -0.2) is 40.0 Å². The van der Waals surface area contributed by atoms with Gasteiger partial charge in [0.05, 0.1) is 0 Å². The molecule has 0 radical (unpaired) electrons. The molecule has 0 aliphatic carbocycles. The second kappa shape index (κ2) is 10.8. The van der Waals surface area contributed by atoms with E-state index in [-0.39, 0.29) is 12.0 Å². The number of nitrogens with one attached hydrogen (secondary N) is 1. The van der Waals surface area contributed by atoms with Gasteiger partial charge < -0.3 is 10.1 Å². The predicted molar refractivity (Wildman–Crippen MR) is 125 cm³/mol. The molecule has 1 amide bonds. The third kappa shape index (κ3) is 6.19. The molecule has 6 nitrogen and oxygen atoms in total. The lowest BCUT2D eigenvalue weighted by Gasteiger charge is -2.32. The second-order valence-corrected chi connectivity index (χ2v) is 8.60. The minimum atomic E-state index is -0.139. The Morgan fingerprint density at radius 1 is 1.09 bits per heavy atom. The molecule has 0 saturated carbocycles. The van der Waals surface area contributed by atoms with Gasteiger partial charge in [0.2, 0.25) is 5.88 Å². The normalized spacial score (nSPS) is 14.8. The van der Waals surface area contributed by atoms with Crippen molar-refractivity contribution in [2.75, 3.05) is 13.1 Å². The number of rotatable bonds is 7. The molecular formula is C24H24Cl2N4O2. The number of hydrogen-bond donors (Lipinski definition) is 1. The molecule has 0 spiro atoms. The standard InChI is InChI=1S/C24H24Cl2N4O2/c25-20-3-2-19(22(26)13-20)16-30-11-7-21(8-12-30)32-23-4-1-17(14-28-23)15-29-24(31)18-5-9-27-10-6-18/h1-6,9-10,13-14,21H,7-8,11-12,15-16H2,(H,29,31). The predicted octanol–water partition coefficient (Wildman–Crippen LogP) is 4.76. The number of carbonyl (C=O) groups excluding carboxylic acids is 1. The van der Waals surface area contributed by atoms with Gasteiger partial charge in [-0.2, -0.15) is 0 Å². The van der Waals surface area contributed by atoms with Crippen molar-refractivity contribution in [2.24, 2.45) is 0 Å². The number of piperidine rings is 1. The molecule has 1 fully saturated rings. The van der Waals surface area contributed by atoms with E-state index in [9.17, 15) is 4.79 Å². The lowest BCUT2D eigenvalue weighted by atomic mass is 10.1. The monoisotopic (exact) mass is 470 g/mol. The van der Waals surface area contributed by atoms with Crippen LogP contribution in [-0.2, 0) is 13.1 Å². The molecule has 3 heterocycles. The Labute approximate surface area is 197 Å². The van der Waals surface area contributed by atoms with Gasteiger partial charge in [-0.3, -0.25) is 14.7 Å². The van der Waals surface area contributed by atoms with Crippen LogP contribution < -0.4 is 10.1 Å². The van der Waals surface area contributed by atoms with Crippen molar-refractivity contribution in [2.45, 2.75) is 32.0 Å². The second-order valence-electron chi connectivity index (χ2n) is 7.75. The van der Waals surface area contributed by atoms with Crippen LogP contribution in [0.5, 0.6) is 5.88 Å². The first kappa shape index (κ1) is 22.5. The first-order valence-corrected chi connectivity index (χ1v) is 11.3. The molecule has 2 aromatic heterocycles. The summed E-state index contributed by atoms with van der Waals surface area (Å²) in [5, 5.41) is 4.24. The summed E-state index contributed by atoms with van der Waals surface area (Å²) in [6, 6.07) is 12.8. The zero-order valence-corrected chi connectivity index (χ0v) is 19.0. The van der Waals surface area contributed by atoms with Crippen LogP contribution >= 0.6 is 23.2 Å². The van der Waals surface area contributed by atoms with E-state index in [0.29, 0.717) is 28.0 Å². The van der Waals surface area contributed by atoms with Crippen molar-refractivity contribution < 1.29 is 9.53 Å². The summed E-state index contributed by atoms with van der Waals surface area (Å²) in [4.78, 5) is 22.8. The van der Waals surface area contributed by atoms with Gasteiger partial charge in [0.15, 0.2) is 0 Å². The third-order valence-corrected chi connectivity index (χ3v) is 6.01. The van der Waals surface area contributed by atoms with Crippen molar-refractivity contribution in [3.63, 3.8) is 0 Å². The molecule has 1 aliphatic rings. The summed E-state index contributed by atoms with van der Waals surface area (Å²) < 4.78 is 6.07. The highest BCUT2D eigenvalue weighted by Gasteiger charge is 2.21. The van der Waals surface area contributed by atoms with Crippen LogP contribution in [0.2, 0.25) is 10.0 Å². The van der Waals surface area contributed by atoms with Crippen LogP contribution in [0.3, 0.4) is 0 Å². The van der Waals surface area contributed by atoms with Crippen LogP contribution in [0.25, 0.3) is 0 Å². The highest BCUT2D eigenvalue weighted by atomic mass is 35.5. The average Bonchev–Trinajstić information content (AvgIpc) is 2.82. The van der Waals surface area contributed by atoms with Gasteiger partial charge in [-0.05, 0) is 48.2 Å². The highest BCUT2D eigenvalue weighted by Crippen LogP contribution is 2.24. The zero-order valence-electron chi connectivity index (χ0n) is 17.5. The Balaban J connectivity index is 1.22. The molecule has 0 atom stereocenters. The maximum atomic E-state index is 12.1. The van der Waals surface area contributed by atoms with Gasteiger partial charge in [-0.25, -0.2) is 4.98 Å². The van der Waals surface area contributed by atoms with E-state index in [1.807, 2.05) is 24.3 Å². The van der Waals surface area contributed by atoms with E-state index in [1.54, 1.807) is 36.8 Å². The quantitative estimate of drug-likeness (QED) is 0.539. The van der Waals surface area contributed by atoms with E-state index in [1.165, 1.54) is 0 Å². The van der Waals surface area contributed by atoms with Crippen molar-refractivity contribution >= 4 is 29.1 Å².